The monoisotopic (exact) mass is 193 g/mol. The average Bonchev–Trinajstić information content (AvgIpc) is 2.46. The van der Waals surface area contributed by atoms with Gasteiger partial charge in [-0.25, -0.2) is 4.79 Å². The molecule has 0 saturated carbocycles. The summed E-state index contributed by atoms with van der Waals surface area (Å²) in [4.78, 5) is 18.0. The number of rotatable bonds is 1. The van der Waals surface area contributed by atoms with Crippen LogP contribution in [0, 0.1) is 0 Å². The van der Waals surface area contributed by atoms with E-state index in [9.17, 15) is 4.79 Å². The Labute approximate surface area is 82.6 Å². The third-order valence-electron chi connectivity index (χ3n) is 2.70. The minimum absolute atomic E-state index is 0.0479. The van der Waals surface area contributed by atoms with E-state index in [-0.39, 0.29) is 17.6 Å². The van der Waals surface area contributed by atoms with Crippen molar-refractivity contribution in [3.8, 4) is 0 Å². The number of hydrogen-bond donors (Lipinski definition) is 2. The SMILES string of the molecule is CC(C)c1nc(=O)[nH]c2c1C(N)CC2. The first kappa shape index (κ1) is 9.40. The van der Waals surface area contributed by atoms with Gasteiger partial charge in [0.25, 0.3) is 0 Å². The molecule has 0 amide bonds. The zero-order valence-corrected chi connectivity index (χ0v) is 8.50. The maximum absolute atomic E-state index is 11.3. The average molecular weight is 193 g/mol. The van der Waals surface area contributed by atoms with Crippen LogP contribution < -0.4 is 11.4 Å². The van der Waals surface area contributed by atoms with Gasteiger partial charge in [-0.2, -0.15) is 4.98 Å². The Kier molecular flexibility index (Phi) is 2.15. The molecule has 1 unspecified atom stereocenters. The molecule has 2 rings (SSSR count). The summed E-state index contributed by atoms with van der Waals surface area (Å²) in [5, 5.41) is 0. The quantitative estimate of drug-likeness (QED) is 0.694. The lowest BCUT2D eigenvalue weighted by atomic mass is 10.0. The molecule has 1 aromatic heterocycles. The molecule has 4 heteroatoms. The van der Waals surface area contributed by atoms with Crippen LogP contribution in [0.5, 0.6) is 0 Å². The number of H-pyrrole nitrogens is 1. The smallest absolute Gasteiger partial charge is 0.324 e. The molecule has 4 nitrogen and oxygen atoms in total. The van der Waals surface area contributed by atoms with Gasteiger partial charge in [-0.05, 0) is 18.8 Å². The number of aromatic amines is 1. The first-order valence-corrected chi connectivity index (χ1v) is 4.98. The van der Waals surface area contributed by atoms with Crippen LogP contribution >= 0.6 is 0 Å². The molecular formula is C10H15N3O. The summed E-state index contributed by atoms with van der Waals surface area (Å²) in [6, 6.07) is 0.0479. The Morgan fingerprint density at radius 1 is 1.57 bits per heavy atom. The molecule has 3 N–H and O–H groups in total. The zero-order valence-electron chi connectivity index (χ0n) is 8.50. The van der Waals surface area contributed by atoms with E-state index in [1.165, 1.54) is 0 Å². The molecule has 0 saturated heterocycles. The van der Waals surface area contributed by atoms with Gasteiger partial charge in [-0.1, -0.05) is 13.8 Å². The fourth-order valence-electron chi connectivity index (χ4n) is 2.04. The number of hydrogen-bond acceptors (Lipinski definition) is 3. The molecule has 1 atom stereocenters. The van der Waals surface area contributed by atoms with Crippen LogP contribution in [0.4, 0.5) is 0 Å². The molecule has 0 spiro atoms. The van der Waals surface area contributed by atoms with Crippen LogP contribution in [0.25, 0.3) is 0 Å². The second-order valence-corrected chi connectivity index (χ2v) is 4.12. The molecule has 1 heterocycles. The van der Waals surface area contributed by atoms with Crippen LogP contribution in [0.1, 0.15) is 49.2 Å². The Morgan fingerprint density at radius 2 is 2.29 bits per heavy atom. The van der Waals surface area contributed by atoms with Gasteiger partial charge >= 0.3 is 5.69 Å². The zero-order chi connectivity index (χ0) is 10.3. The van der Waals surface area contributed by atoms with Crippen molar-refractivity contribution in [3.63, 3.8) is 0 Å². The number of fused-ring (bicyclic) bond motifs is 1. The Hall–Kier alpha value is -1.16. The summed E-state index contributed by atoms with van der Waals surface area (Å²) in [7, 11) is 0. The van der Waals surface area contributed by atoms with Gasteiger partial charge in [0.15, 0.2) is 0 Å². The summed E-state index contributed by atoms with van der Waals surface area (Å²) in [5.74, 6) is 0.259. The lowest BCUT2D eigenvalue weighted by molar-refractivity contribution is 0.688. The molecule has 0 fully saturated rings. The first-order valence-electron chi connectivity index (χ1n) is 4.98. The molecule has 1 aliphatic rings. The van der Waals surface area contributed by atoms with Crippen LogP contribution in [0.15, 0.2) is 4.79 Å². The summed E-state index contributed by atoms with van der Waals surface area (Å²) in [6.07, 6.45) is 1.78. The molecule has 1 aliphatic carbocycles. The number of aromatic nitrogens is 2. The van der Waals surface area contributed by atoms with Gasteiger partial charge < -0.3 is 10.7 Å². The molecule has 0 radical (unpaired) electrons. The predicted octanol–water partition coefficient (Wildman–Crippen LogP) is 0.839. The number of nitrogens with zero attached hydrogens (tertiary/aromatic N) is 1. The van der Waals surface area contributed by atoms with E-state index in [2.05, 4.69) is 9.97 Å². The normalized spacial score (nSPS) is 20.1. The maximum Gasteiger partial charge on any atom is 0.345 e. The van der Waals surface area contributed by atoms with E-state index in [1.54, 1.807) is 0 Å². The van der Waals surface area contributed by atoms with E-state index in [0.29, 0.717) is 0 Å². The highest BCUT2D eigenvalue weighted by molar-refractivity contribution is 5.33. The van der Waals surface area contributed by atoms with Crippen molar-refractivity contribution in [1.29, 1.82) is 0 Å². The predicted molar refractivity (Wildman–Crippen MR) is 54.2 cm³/mol. The van der Waals surface area contributed by atoms with Gasteiger partial charge in [0.1, 0.15) is 0 Å². The minimum atomic E-state index is -0.249. The number of aryl methyl sites for hydroxylation is 1. The van der Waals surface area contributed by atoms with Gasteiger partial charge in [0, 0.05) is 17.3 Å². The van der Waals surface area contributed by atoms with Gasteiger partial charge in [-0.15, -0.1) is 0 Å². The van der Waals surface area contributed by atoms with Crippen LogP contribution in [0.3, 0.4) is 0 Å². The number of nitrogens with one attached hydrogen (secondary N) is 1. The highest BCUT2D eigenvalue weighted by Gasteiger charge is 2.25. The Morgan fingerprint density at radius 3 is 2.93 bits per heavy atom. The third kappa shape index (κ3) is 1.35. The summed E-state index contributed by atoms with van der Waals surface area (Å²) < 4.78 is 0. The van der Waals surface area contributed by atoms with E-state index in [1.807, 2.05) is 13.8 Å². The lowest BCUT2D eigenvalue weighted by Crippen LogP contribution is -2.20. The number of nitrogens with two attached hydrogens (primary N) is 1. The van der Waals surface area contributed by atoms with Crippen LogP contribution in [-0.4, -0.2) is 9.97 Å². The first-order chi connectivity index (χ1) is 6.59. The summed E-state index contributed by atoms with van der Waals surface area (Å²) >= 11 is 0. The molecular weight excluding hydrogens is 178 g/mol. The van der Waals surface area contributed by atoms with E-state index in [0.717, 1.165) is 29.8 Å². The third-order valence-corrected chi connectivity index (χ3v) is 2.70. The maximum atomic E-state index is 11.3. The second kappa shape index (κ2) is 3.20. The second-order valence-electron chi connectivity index (χ2n) is 4.12. The fourth-order valence-corrected chi connectivity index (χ4v) is 2.04. The fraction of sp³-hybridized carbons (Fsp3) is 0.600. The molecule has 0 aromatic carbocycles. The van der Waals surface area contributed by atoms with Crippen molar-refractivity contribution in [2.75, 3.05) is 0 Å². The van der Waals surface area contributed by atoms with Crippen molar-refractivity contribution in [3.05, 3.63) is 27.4 Å². The molecule has 0 aliphatic heterocycles. The summed E-state index contributed by atoms with van der Waals surface area (Å²) in [6.45, 7) is 4.07. The lowest BCUT2D eigenvalue weighted by Gasteiger charge is -2.12. The largest absolute Gasteiger partial charge is 0.345 e. The molecule has 14 heavy (non-hydrogen) atoms. The van der Waals surface area contributed by atoms with Crippen molar-refractivity contribution in [1.82, 2.24) is 9.97 Å². The molecule has 1 aromatic rings. The highest BCUT2D eigenvalue weighted by atomic mass is 16.1. The van der Waals surface area contributed by atoms with Crippen molar-refractivity contribution >= 4 is 0 Å². The van der Waals surface area contributed by atoms with Crippen LogP contribution in [-0.2, 0) is 6.42 Å². The van der Waals surface area contributed by atoms with Crippen molar-refractivity contribution in [2.24, 2.45) is 5.73 Å². The van der Waals surface area contributed by atoms with E-state index < -0.39 is 0 Å². The van der Waals surface area contributed by atoms with Crippen molar-refractivity contribution < 1.29 is 0 Å². The standard InChI is InChI=1S/C10H15N3O/c1-5(2)9-8-6(11)3-4-7(8)12-10(14)13-9/h5-6H,3-4,11H2,1-2H3,(H,12,13,14). The Balaban J connectivity index is 2.65. The minimum Gasteiger partial charge on any atom is -0.324 e. The van der Waals surface area contributed by atoms with Crippen LogP contribution in [0.2, 0.25) is 0 Å². The molecule has 76 valence electrons. The van der Waals surface area contributed by atoms with Gasteiger partial charge in [0.05, 0.1) is 5.69 Å². The van der Waals surface area contributed by atoms with E-state index in [4.69, 9.17) is 5.73 Å². The Bertz CT molecular complexity index is 408. The highest BCUT2D eigenvalue weighted by Crippen LogP contribution is 2.31. The summed E-state index contributed by atoms with van der Waals surface area (Å²) in [5.41, 5.74) is 8.65. The van der Waals surface area contributed by atoms with Gasteiger partial charge in [0.2, 0.25) is 0 Å². The van der Waals surface area contributed by atoms with Crippen molar-refractivity contribution in [2.45, 2.75) is 38.6 Å². The van der Waals surface area contributed by atoms with E-state index >= 15 is 0 Å². The topological polar surface area (TPSA) is 71.8 Å². The molecule has 0 bridgehead atoms. The van der Waals surface area contributed by atoms with Gasteiger partial charge in [-0.3, -0.25) is 0 Å².